The van der Waals surface area contributed by atoms with Gasteiger partial charge >= 0.3 is 0 Å². The Labute approximate surface area is 154 Å². The van der Waals surface area contributed by atoms with Crippen LogP contribution in [0.1, 0.15) is 44.2 Å². The molecule has 0 saturated heterocycles. The van der Waals surface area contributed by atoms with Crippen LogP contribution in [0.15, 0.2) is 12.1 Å². The molecule has 3 rings (SSSR count). The SMILES string of the molecule is CCN(CC)CCN(C(=O)C1CCC1)c1nc2cc(C)cc(C)c2s1. The molecule has 0 atom stereocenters. The molecule has 0 bridgehead atoms. The van der Waals surface area contributed by atoms with E-state index in [4.69, 9.17) is 4.98 Å². The fourth-order valence-corrected chi connectivity index (χ4v) is 4.48. The Bertz CT molecular complexity index is 747. The van der Waals surface area contributed by atoms with Gasteiger partial charge in [0.05, 0.1) is 10.2 Å². The molecule has 1 aromatic carbocycles. The van der Waals surface area contributed by atoms with Gasteiger partial charge in [0, 0.05) is 19.0 Å². The molecule has 5 heteroatoms. The number of aryl methyl sites for hydroxylation is 2. The van der Waals surface area contributed by atoms with E-state index in [9.17, 15) is 4.79 Å². The third-order valence-corrected chi connectivity index (χ3v) is 6.52. The van der Waals surface area contributed by atoms with Crippen LogP contribution in [0.25, 0.3) is 10.2 Å². The minimum absolute atomic E-state index is 0.201. The number of carbonyl (C=O) groups excluding carboxylic acids is 1. The van der Waals surface area contributed by atoms with E-state index in [1.54, 1.807) is 11.3 Å². The van der Waals surface area contributed by atoms with Crippen LogP contribution in [0.3, 0.4) is 0 Å². The van der Waals surface area contributed by atoms with Gasteiger partial charge in [-0.25, -0.2) is 4.98 Å². The van der Waals surface area contributed by atoms with Crippen molar-refractivity contribution < 1.29 is 4.79 Å². The summed E-state index contributed by atoms with van der Waals surface area (Å²) in [7, 11) is 0. The quantitative estimate of drug-likeness (QED) is 0.736. The first-order valence-corrected chi connectivity index (χ1v) is 10.3. The number of likely N-dealkylation sites (N-methyl/N-ethyl adjacent to an activating group) is 1. The van der Waals surface area contributed by atoms with Crippen molar-refractivity contribution in [3.8, 4) is 0 Å². The van der Waals surface area contributed by atoms with Crippen molar-refractivity contribution >= 4 is 32.6 Å². The first-order valence-electron chi connectivity index (χ1n) is 9.45. The van der Waals surface area contributed by atoms with Crippen LogP contribution in [0.4, 0.5) is 5.13 Å². The summed E-state index contributed by atoms with van der Waals surface area (Å²) in [4.78, 5) is 22.2. The van der Waals surface area contributed by atoms with E-state index in [1.807, 2.05) is 4.90 Å². The maximum absolute atomic E-state index is 13.0. The van der Waals surface area contributed by atoms with Crippen molar-refractivity contribution in [2.75, 3.05) is 31.1 Å². The number of fused-ring (bicyclic) bond motifs is 1. The van der Waals surface area contributed by atoms with Crippen LogP contribution in [0, 0.1) is 19.8 Å². The van der Waals surface area contributed by atoms with E-state index in [1.165, 1.54) is 22.2 Å². The lowest BCUT2D eigenvalue weighted by molar-refractivity contribution is -0.124. The van der Waals surface area contributed by atoms with Crippen LogP contribution in [0.2, 0.25) is 0 Å². The molecular weight excluding hydrogens is 330 g/mol. The Morgan fingerprint density at radius 2 is 1.92 bits per heavy atom. The molecule has 1 saturated carbocycles. The lowest BCUT2D eigenvalue weighted by atomic mass is 9.84. The maximum atomic E-state index is 13.0. The molecular formula is C20H29N3OS. The lowest BCUT2D eigenvalue weighted by Crippen LogP contribution is -2.43. The Kier molecular flexibility index (Phi) is 5.74. The average molecular weight is 360 g/mol. The van der Waals surface area contributed by atoms with Gasteiger partial charge < -0.3 is 4.90 Å². The van der Waals surface area contributed by atoms with E-state index >= 15 is 0 Å². The van der Waals surface area contributed by atoms with Gasteiger partial charge in [0.2, 0.25) is 5.91 Å². The molecule has 0 radical (unpaired) electrons. The standard InChI is InChI=1S/C20H29N3OS/c1-5-22(6-2)10-11-23(19(24)16-8-7-9-16)20-21-17-13-14(3)12-15(4)18(17)25-20/h12-13,16H,5-11H2,1-4H3. The van der Waals surface area contributed by atoms with Gasteiger partial charge in [0.15, 0.2) is 5.13 Å². The third kappa shape index (κ3) is 3.87. The molecule has 2 aromatic rings. The van der Waals surface area contributed by atoms with Gasteiger partial charge in [-0.3, -0.25) is 9.69 Å². The highest BCUT2D eigenvalue weighted by molar-refractivity contribution is 7.22. The Morgan fingerprint density at radius 1 is 1.20 bits per heavy atom. The van der Waals surface area contributed by atoms with Crippen LogP contribution < -0.4 is 4.90 Å². The zero-order valence-electron chi connectivity index (χ0n) is 15.8. The maximum Gasteiger partial charge on any atom is 0.231 e. The van der Waals surface area contributed by atoms with E-state index in [-0.39, 0.29) is 11.8 Å². The topological polar surface area (TPSA) is 36.4 Å². The fourth-order valence-electron chi connectivity index (χ4n) is 3.44. The zero-order chi connectivity index (χ0) is 18.0. The van der Waals surface area contributed by atoms with Gasteiger partial charge in [0.1, 0.15) is 0 Å². The third-order valence-electron chi connectivity index (χ3n) is 5.29. The van der Waals surface area contributed by atoms with Crippen molar-refractivity contribution in [2.24, 2.45) is 5.92 Å². The van der Waals surface area contributed by atoms with Gasteiger partial charge in [-0.1, -0.05) is 37.7 Å². The molecule has 1 aliphatic carbocycles. The minimum atomic E-state index is 0.201. The number of aromatic nitrogens is 1. The second kappa shape index (κ2) is 7.83. The van der Waals surface area contributed by atoms with E-state index in [0.29, 0.717) is 0 Å². The molecule has 1 amide bonds. The second-order valence-corrected chi connectivity index (χ2v) is 8.05. The average Bonchev–Trinajstić information content (AvgIpc) is 2.93. The summed E-state index contributed by atoms with van der Waals surface area (Å²) < 4.78 is 1.20. The summed E-state index contributed by atoms with van der Waals surface area (Å²) in [5.41, 5.74) is 3.49. The highest BCUT2D eigenvalue weighted by Crippen LogP contribution is 2.35. The van der Waals surface area contributed by atoms with Gasteiger partial charge in [-0.2, -0.15) is 0 Å². The molecule has 0 N–H and O–H groups in total. The van der Waals surface area contributed by atoms with Gasteiger partial charge in [-0.15, -0.1) is 0 Å². The molecule has 1 aromatic heterocycles. The number of hydrogen-bond acceptors (Lipinski definition) is 4. The minimum Gasteiger partial charge on any atom is -0.302 e. The van der Waals surface area contributed by atoms with Crippen LogP contribution in [0.5, 0.6) is 0 Å². The van der Waals surface area contributed by atoms with E-state index in [0.717, 1.165) is 49.7 Å². The number of anilines is 1. The Balaban J connectivity index is 1.90. The van der Waals surface area contributed by atoms with Gasteiger partial charge in [0.25, 0.3) is 0 Å². The second-order valence-electron chi connectivity index (χ2n) is 7.07. The lowest BCUT2D eigenvalue weighted by Gasteiger charge is -2.31. The molecule has 4 nitrogen and oxygen atoms in total. The van der Waals surface area contributed by atoms with Crippen molar-refractivity contribution in [2.45, 2.75) is 47.0 Å². The normalized spacial score (nSPS) is 14.9. The predicted octanol–water partition coefficient (Wildman–Crippen LogP) is 4.39. The Hall–Kier alpha value is -1.46. The molecule has 0 unspecified atom stereocenters. The highest BCUT2D eigenvalue weighted by Gasteiger charge is 2.31. The summed E-state index contributed by atoms with van der Waals surface area (Å²) in [6.45, 7) is 12.2. The number of benzene rings is 1. The summed E-state index contributed by atoms with van der Waals surface area (Å²) in [6, 6.07) is 4.32. The fraction of sp³-hybridized carbons (Fsp3) is 0.600. The van der Waals surface area contributed by atoms with Crippen molar-refractivity contribution in [1.29, 1.82) is 0 Å². The number of thiazole rings is 1. The predicted molar refractivity (Wildman–Crippen MR) is 107 cm³/mol. The van der Waals surface area contributed by atoms with Gasteiger partial charge in [-0.05, 0) is 57.0 Å². The zero-order valence-corrected chi connectivity index (χ0v) is 16.7. The molecule has 0 aliphatic heterocycles. The summed E-state index contributed by atoms with van der Waals surface area (Å²) in [5.74, 6) is 0.471. The number of rotatable bonds is 7. The summed E-state index contributed by atoms with van der Waals surface area (Å²) >= 11 is 1.66. The van der Waals surface area contributed by atoms with E-state index < -0.39 is 0 Å². The smallest absolute Gasteiger partial charge is 0.231 e. The molecule has 1 aliphatic rings. The number of carbonyl (C=O) groups is 1. The monoisotopic (exact) mass is 359 g/mol. The first kappa shape index (κ1) is 18.3. The summed E-state index contributed by atoms with van der Waals surface area (Å²) in [5, 5.41) is 0.868. The van der Waals surface area contributed by atoms with Crippen molar-refractivity contribution in [3.05, 3.63) is 23.3 Å². The molecule has 1 heterocycles. The summed E-state index contributed by atoms with van der Waals surface area (Å²) in [6.07, 6.45) is 3.24. The van der Waals surface area contributed by atoms with E-state index in [2.05, 4.69) is 44.7 Å². The molecule has 0 spiro atoms. The van der Waals surface area contributed by atoms with Crippen LogP contribution >= 0.6 is 11.3 Å². The molecule has 25 heavy (non-hydrogen) atoms. The molecule has 136 valence electrons. The van der Waals surface area contributed by atoms with Crippen LogP contribution in [-0.4, -0.2) is 42.0 Å². The number of amides is 1. The van der Waals surface area contributed by atoms with Crippen molar-refractivity contribution in [1.82, 2.24) is 9.88 Å². The van der Waals surface area contributed by atoms with Crippen LogP contribution in [-0.2, 0) is 4.79 Å². The first-order chi connectivity index (χ1) is 12.0. The number of nitrogens with zero attached hydrogens (tertiary/aromatic N) is 3. The Morgan fingerprint density at radius 3 is 2.52 bits per heavy atom. The largest absolute Gasteiger partial charge is 0.302 e. The van der Waals surface area contributed by atoms with Crippen molar-refractivity contribution in [3.63, 3.8) is 0 Å². The number of hydrogen-bond donors (Lipinski definition) is 0. The molecule has 1 fully saturated rings. The highest BCUT2D eigenvalue weighted by atomic mass is 32.1.